The first-order valence-electron chi connectivity index (χ1n) is 9.62. The van der Waals surface area contributed by atoms with Crippen LogP contribution in [0.4, 0.5) is 4.39 Å². The second-order valence-electron chi connectivity index (χ2n) is 9.10. The van der Waals surface area contributed by atoms with E-state index < -0.39 is 48.8 Å². The maximum absolute atomic E-state index is 16.8. The summed E-state index contributed by atoms with van der Waals surface area (Å²) in [6.45, 7) is 7.43. The molecule has 0 bridgehead atoms. The molecule has 6 heteroatoms. The molecule has 0 saturated heterocycles. The molecule has 0 radical (unpaired) electrons. The second-order valence-corrected chi connectivity index (χ2v) is 10.7. The first kappa shape index (κ1) is 19.9. The maximum atomic E-state index is 16.8. The number of alkyl halides is 1. The molecule has 0 aromatic carbocycles. The van der Waals surface area contributed by atoms with Crippen molar-refractivity contribution in [2.45, 2.75) is 56.6 Å². The summed E-state index contributed by atoms with van der Waals surface area (Å²) in [6, 6.07) is 0. The van der Waals surface area contributed by atoms with Crippen LogP contribution in [0, 0.1) is 22.7 Å². The summed E-state index contributed by atoms with van der Waals surface area (Å²) in [5, 5.41) is 11.4. The van der Waals surface area contributed by atoms with Crippen molar-refractivity contribution in [3.05, 3.63) is 36.0 Å². The summed E-state index contributed by atoms with van der Waals surface area (Å²) in [6.07, 6.45) is 5.45. The first-order chi connectivity index (χ1) is 13.0. The summed E-state index contributed by atoms with van der Waals surface area (Å²) in [5.41, 5.74) is -5.05. The second kappa shape index (κ2) is 5.84. The number of allylic oxidation sites excluding steroid dienone is 4. The zero-order valence-corrected chi connectivity index (χ0v) is 18.1. The van der Waals surface area contributed by atoms with Gasteiger partial charge in [-0.3, -0.25) is 0 Å². The van der Waals surface area contributed by atoms with E-state index >= 15 is 4.39 Å². The van der Waals surface area contributed by atoms with Crippen LogP contribution < -0.4 is 0 Å². The molecule has 0 unspecified atom stereocenters. The predicted octanol–water partition coefficient (Wildman–Crippen LogP) is 2.74. The topological polar surface area (TPSA) is 71.4 Å². The van der Waals surface area contributed by atoms with E-state index in [-0.39, 0.29) is 22.8 Å². The number of ketones is 2. The molecule has 3 saturated carbocycles. The number of carbonyl (C=O) groups is 3. The Kier molecular flexibility index (Phi) is 4.16. The Labute approximate surface area is 170 Å². The van der Waals surface area contributed by atoms with E-state index in [2.05, 4.69) is 6.58 Å². The molecule has 0 amide bonds. The number of rotatable bonds is 2. The fourth-order valence-corrected chi connectivity index (χ4v) is 7.84. The van der Waals surface area contributed by atoms with Gasteiger partial charge in [0.25, 0.3) is 0 Å². The molecule has 150 valence electrons. The van der Waals surface area contributed by atoms with Crippen LogP contribution in [-0.4, -0.2) is 47.6 Å². The molecule has 28 heavy (non-hydrogen) atoms. The van der Waals surface area contributed by atoms with Gasteiger partial charge in [-0.25, -0.2) is 0 Å². The van der Waals surface area contributed by atoms with Crippen LogP contribution in [0.3, 0.4) is 0 Å². The van der Waals surface area contributed by atoms with Crippen LogP contribution in [0.1, 0.15) is 39.5 Å². The minimum atomic E-state index is -2.15. The van der Waals surface area contributed by atoms with Gasteiger partial charge >= 0.3 is 170 Å². The Morgan fingerprint density at radius 3 is 2.64 bits per heavy atom. The van der Waals surface area contributed by atoms with Crippen LogP contribution in [0.5, 0.6) is 0 Å². The molecule has 0 spiro atoms. The molecule has 0 aromatic heterocycles. The van der Waals surface area contributed by atoms with Crippen LogP contribution >= 0.6 is 0 Å². The van der Waals surface area contributed by atoms with Crippen LogP contribution in [-0.2, 0) is 14.4 Å². The van der Waals surface area contributed by atoms with Crippen molar-refractivity contribution in [1.29, 1.82) is 0 Å². The molecular formula is C22H25FO4Se. The van der Waals surface area contributed by atoms with Crippen molar-refractivity contribution >= 4 is 31.2 Å². The van der Waals surface area contributed by atoms with Crippen molar-refractivity contribution in [2.75, 3.05) is 0 Å². The molecule has 4 aliphatic carbocycles. The van der Waals surface area contributed by atoms with E-state index in [4.69, 9.17) is 0 Å². The van der Waals surface area contributed by atoms with Crippen molar-refractivity contribution < 1.29 is 23.9 Å². The average Bonchev–Trinajstić information content (AvgIpc) is 2.84. The van der Waals surface area contributed by atoms with E-state index in [1.165, 1.54) is 12.2 Å². The van der Waals surface area contributed by atoms with Gasteiger partial charge in [0.05, 0.1) is 0 Å². The standard InChI is InChI=1S/C22H25FO4Se/c1-12-9-16-15-6-5-13-10-14(24)7-8-19(13,2)21(15,23)17(25)11-20(16,3)22(12,27)18(26)28-4/h7-8,10,15-16,27H,1,5-6,9,11H2,2-4H3/t15-,16-,19-,20-,21-,22-/m0/s1. The summed E-state index contributed by atoms with van der Waals surface area (Å²) in [4.78, 5) is 37.9. The van der Waals surface area contributed by atoms with E-state index in [0.717, 1.165) is 0 Å². The van der Waals surface area contributed by atoms with Crippen molar-refractivity contribution in [2.24, 2.45) is 22.7 Å². The third-order valence-corrected chi connectivity index (χ3v) is 9.48. The predicted molar refractivity (Wildman–Crippen MR) is 103 cm³/mol. The van der Waals surface area contributed by atoms with Crippen molar-refractivity contribution in [3.8, 4) is 0 Å². The third-order valence-electron chi connectivity index (χ3n) is 8.08. The normalized spacial score (nSPS) is 47.3. The third kappa shape index (κ3) is 2.02. The molecule has 4 aliphatic rings. The van der Waals surface area contributed by atoms with Crippen molar-refractivity contribution in [1.82, 2.24) is 0 Å². The number of hydrogen-bond donors (Lipinski definition) is 1. The van der Waals surface area contributed by atoms with Gasteiger partial charge in [0, 0.05) is 0 Å². The van der Waals surface area contributed by atoms with Gasteiger partial charge in [0.1, 0.15) is 0 Å². The molecule has 6 atom stereocenters. The fraction of sp³-hybridized carbons (Fsp3) is 0.591. The Morgan fingerprint density at radius 2 is 2.00 bits per heavy atom. The zero-order chi connectivity index (χ0) is 20.7. The molecule has 4 rings (SSSR count). The number of aliphatic hydroxyl groups is 1. The SMILES string of the molecule is C=C1C[C@H]2[C@@H]3CCC4=CC(=O)C=C[C@]4(C)[C@@]3(F)C(=O)C[C@]2(C)[C@@]1(O)C(=O)[Se]C. The number of carbonyl (C=O) groups excluding carboxylic acids is 3. The number of halogens is 1. The van der Waals surface area contributed by atoms with E-state index in [1.54, 1.807) is 25.7 Å². The number of fused-ring (bicyclic) bond motifs is 5. The zero-order valence-electron chi connectivity index (χ0n) is 16.4. The van der Waals surface area contributed by atoms with Gasteiger partial charge in [0.2, 0.25) is 0 Å². The van der Waals surface area contributed by atoms with Crippen molar-refractivity contribution in [3.63, 3.8) is 0 Å². The van der Waals surface area contributed by atoms with Crippen LogP contribution in [0.2, 0.25) is 5.82 Å². The minimum absolute atomic E-state index is 0.179. The quantitative estimate of drug-likeness (QED) is 0.518. The molecule has 1 N–H and O–H groups in total. The number of Topliss-reactive ketones (excluding diaryl/α,β-unsaturated/α-hetero) is 1. The van der Waals surface area contributed by atoms with E-state index in [0.29, 0.717) is 30.4 Å². The van der Waals surface area contributed by atoms with Gasteiger partial charge in [-0.1, -0.05) is 0 Å². The van der Waals surface area contributed by atoms with E-state index in [1.807, 2.05) is 0 Å². The van der Waals surface area contributed by atoms with E-state index in [9.17, 15) is 19.5 Å². The Balaban J connectivity index is 1.86. The average molecular weight is 451 g/mol. The molecule has 0 aromatic rings. The molecule has 0 heterocycles. The summed E-state index contributed by atoms with van der Waals surface area (Å²) < 4.78 is 16.5. The molecular weight excluding hydrogens is 426 g/mol. The van der Waals surface area contributed by atoms with Gasteiger partial charge in [-0.05, 0) is 0 Å². The number of hydrogen-bond acceptors (Lipinski definition) is 4. The molecule has 3 fully saturated rings. The van der Waals surface area contributed by atoms with Gasteiger partial charge in [0.15, 0.2) is 0 Å². The fourth-order valence-electron chi connectivity index (χ4n) is 6.43. The summed E-state index contributed by atoms with van der Waals surface area (Å²) in [7, 11) is 0. The summed E-state index contributed by atoms with van der Waals surface area (Å²) in [5.74, 6) is 0.0178. The van der Waals surface area contributed by atoms with Gasteiger partial charge in [-0.15, -0.1) is 0 Å². The Hall–Kier alpha value is -1.36. The Bertz CT molecular complexity index is 891. The molecule has 4 nitrogen and oxygen atoms in total. The summed E-state index contributed by atoms with van der Waals surface area (Å²) >= 11 is -0.455. The van der Waals surface area contributed by atoms with Gasteiger partial charge < -0.3 is 0 Å². The molecule has 0 aliphatic heterocycles. The monoisotopic (exact) mass is 452 g/mol. The van der Waals surface area contributed by atoms with Gasteiger partial charge in [-0.2, -0.15) is 0 Å². The van der Waals surface area contributed by atoms with Crippen LogP contribution in [0.25, 0.3) is 0 Å². The Morgan fingerprint density at radius 1 is 1.32 bits per heavy atom. The van der Waals surface area contributed by atoms with Crippen LogP contribution in [0.15, 0.2) is 36.0 Å². The first-order valence-corrected chi connectivity index (χ1v) is 12.2.